The summed E-state index contributed by atoms with van der Waals surface area (Å²) in [5.74, 6) is 0.509. The maximum Gasteiger partial charge on any atom is 0.242 e. The molecular formula is C23H29ClN2O2S. The standard InChI is InChI=1S/C23H29ClN2O2S/c1-3-4-14-25-23(28)18(2)26(17-19-9-8-10-20(24)16-19)22(27)13-15-29-21-11-6-5-7-12-21/h5-12,16,18H,3-4,13-15,17H2,1-2H3,(H,25,28). The molecule has 0 bridgehead atoms. The topological polar surface area (TPSA) is 49.4 Å². The predicted octanol–water partition coefficient (Wildman–Crippen LogP) is 5.16. The summed E-state index contributed by atoms with van der Waals surface area (Å²) in [4.78, 5) is 28.4. The number of halogens is 1. The van der Waals surface area contributed by atoms with Gasteiger partial charge >= 0.3 is 0 Å². The van der Waals surface area contributed by atoms with E-state index in [4.69, 9.17) is 11.6 Å². The second-order valence-electron chi connectivity index (χ2n) is 6.88. The van der Waals surface area contributed by atoms with Crippen LogP contribution in [-0.4, -0.2) is 35.1 Å². The summed E-state index contributed by atoms with van der Waals surface area (Å²) < 4.78 is 0. The van der Waals surface area contributed by atoms with Gasteiger partial charge < -0.3 is 10.2 Å². The van der Waals surface area contributed by atoms with Crippen LogP contribution < -0.4 is 5.32 Å². The molecule has 0 aliphatic rings. The maximum absolute atomic E-state index is 13.0. The smallest absolute Gasteiger partial charge is 0.242 e. The zero-order chi connectivity index (χ0) is 21.1. The van der Waals surface area contributed by atoms with Gasteiger partial charge in [0.2, 0.25) is 11.8 Å². The van der Waals surface area contributed by atoms with Crippen molar-refractivity contribution in [3.05, 3.63) is 65.2 Å². The summed E-state index contributed by atoms with van der Waals surface area (Å²) in [5, 5.41) is 3.55. The van der Waals surface area contributed by atoms with Gasteiger partial charge in [0.15, 0.2) is 0 Å². The van der Waals surface area contributed by atoms with Gasteiger partial charge in [0.25, 0.3) is 0 Å². The van der Waals surface area contributed by atoms with E-state index in [1.165, 1.54) is 0 Å². The molecule has 1 unspecified atom stereocenters. The first-order valence-corrected chi connectivity index (χ1v) is 11.4. The largest absolute Gasteiger partial charge is 0.354 e. The Kier molecular flexibility index (Phi) is 10.1. The predicted molar refractivity (Wildman–Crippen MR) is 121 cm³/mol. The summed E-state index contributed by atoms with van der Waals surface area (Å²) in [7, 11) is 0. The summed E-state index contributed by atoms with van der Waals surface area (Å²) in [6.07, 6.45) is 2.30. The number of hydrogen-bond acceptors (Lipinski definition) is 3. The fourth-order valence-corrected chi connectivity index (χ4v) is 3.94. The number of nitrogens with one attached hydrogen (secondary N) is 1. The number of benzene rings is 2. The highest BCUT2D eigenvalue weighted by atomic mass is 35.5. The quantitative estimate of drug-likeness (QED) is 0.394. The molecule has 4 nitrogen and oxygen atoms in total. The summed E-state index contributed by atoms with van der Waals surface area (Å²) in [6, 6.07) is 16.9. The molecule has 0 radical (unpaired) electrons. The van der Waals surface area contributed by atoms with Crippen molar-refractivity contribution in [3.8, 4) is 0 Å². The number of amides is 2. The number of carbonyl (C=O) groups is 2. The first-order valence-electron chi connectivity index (χ1n) is 10.0. The zero-order valence-electron chi connectivity index (χ0n) is 17.1. The molecule has 0 aromatic heterocycles. The first kappa shape index (κ1) is 23.3. The van der Waals surface area contributed by atoms with Gasteiger partial charge in [-0.15, -0.1) is 11.8 Å². The van der Waals surface area contributed by atoms with Gasteiger partial charge in [-0.25, -0.2) is 0 Å². The fraction of sp³-hybridized carbons (Fsp3) is 0.391. The minimum Gasteiger partial charge on any atom is -0.354 e. The Hall–Kier alpha value is -1.98. The van der Waals surface area contributed by atoms with Crippen molar-refractivity contribution >= 4 is 35.2 Å². The van der Waals surface area contributed by atoms with Crippen LogP contribution in [0.1, 0.15) is 38.7 Å². The van der Waals surface area contributed by atoms with Crippen LogP contribution >= 0.6 is 23.4 Å². The van der Waals surface area contributed by atoms with Crippen molar-refractivity contribution in [2.45, 2.75) is 50.6 Å². The van der Waals surface area contributed by atoms with E-state index in [2.05, 4.69) is 12.2 Å². The zero-order valence-corrected chi connectivity index (χ0v) is 18.6. The molecular weight excluding hydrogens is 404 g/mol. The van der Waals surface area contributed by atoms with Gasteiger partial charge in [-0.3, -0.25) is 9.59 Å². The SMILES string of the molecule is CCCCNC(=O)C(C)N(Cc1cccc(Cl)c1)C(=O)CCSc1ccccc1. The van der Waals surface area contributed by atoms with E-state index in [-0.39, 0.29) is 11.8 Å². The molecule has 0 aliphatic carbocycles. The van der Waals surface area contributed by atoms with Gasteiger partial charge in [0.05, 0.1) is 0 Å². The molecule has 0 fully saturated rings. The third-order valence-electron chi connectivity index (χ3n) is 4.57. The molecule has 2 aromatic rings. The van der Waals surface area contributed by atoms with Crippen LogP contribution in [-0.2, 0) is 16.1 Å². The molecule has 2 rings (SSSR count). The Bertz CT molecular complexity index is 785. The van der Waals surface area contributed by atoms with Crippen LogP contribution in [0.4, 0.5) is 0 Å². The third kappa shape index (κ3) is 8.11. The monoisotopic (exact) mass is 432 g/mol. The number of hydrogen-bond donors (Lipinski definition) is 1. The fourth-order valence-electron chi connectivity index (χ4n) is 2.87. The molecule has 0 heterocycles. The van der Waals surface area contributed by atoms with E-state index in [0.717, 1.165) is 23.3 Å². The van der Waals surface area contributed by atoms with Crippen molar-refractivity contribution < 1.29 is 9.59 Å². The molecule has 156 valence electrons. The van der Waals surface area contributed by atoms with Gasteiger partial charge in [0, 0.05) is 35.2 Å². The van der Waals surface area contributed by atoms with Crippen molar-refractivity contribution in [3.63, 3.8) is 0 Å². The molecule has 6 heteroatoms. The Morgan fingerprint density at radius 2 is 1.90 bits per heavy atom. The van der Waals surface area contributed by atoms with Crippen molar-refractivity contribution in [1.29, 1.82) is 0 Å². The van der Waals surface area contributed by atoms with Crippen molar-refractivity contribution in [2.24, 2.45) is 0 Å². The van der Waals surface area contributed by atoms with Crippen molar-refractivity contribution in [2.75, 3.05) is 12.3 Å². The molecule has 0 saturated heterocycles. The number of carbonyl (C=O) groups excluding carboxylic acids is 2. The van der Waals surface area contributed by atoms with Crippen LogP contribution in [0.2, 0.25) is 5.02 Å². The van der Waals surface area contributed by atoms with Crippen LogP contribution in [0.25, 0.3) is 0 Å². The summed E-state index contributed by atoms with van der Waals surface area (Å²) in [5.41, 5.74) is 0.912. The average Bonchev–Trinajstić information content (AvgIpc) is 2.72. The van der Waals surface area contributed by atoms with Crippen LogP contribution in [0, 0.1) is 0 Å². The van der Waals surface area contributed by atoms with E-state index in [1.807, 2.05) is 48.5 Å². The highest BCUT2D eigenvalue weighted by Gasteiger charge is 2.25. The summed E-state index contributed by atoms with van der Waals surface area (Å²) >= 11 is 7.74. The summed E-state index contributed by atoms with van der Waals surface area (Å²) in [6.45, 7) is 4.85. The van der Waals surface area contributed by atoms with E-state index in [9.17, 15) is 9.59 Å². The van der Waals surface area contributed by atoms with Crippen LogP contribution in [0.15, 0.2) is 59.5 Å². The normalized spacial score (nSPS) is 11.7. The van der Waals surface area contributed by atoms with Crippen molar-refractivity contribution in [1.82, 2.24) is 10.2 Å². The lowest BCUT2D eigenvalue weighted by molar-refractivity contribution is -0.140. The number of rotatable bonds is 11. The number of thioether (sulfide) groups is 1. The lowest BCUT2D eigenvalue weighted by Gasteiger charge is -2.29. The second kappa shape index (κ2) is 12.6. The number of nitrogens with zero attached hydrogens (tertiary/aromatic N) is 1. The highest BCUT2D eigenvalue weighted by Crippen LogP contribution is 2.20. The van der Waals surface area contributed by atoms with E-state index < -0.39 is 6.04 Å². The molecule has 29 heavy (non-hydrogen) atoms. The lowest BCUT2D eigenvalue weighted by atomic mass is 10.1. The molecule has 0 spiro atoms. The second-order valence-corrected chi connectivity index (χ2v) is 8.49. The average molecular weight is 433 g/mol. The molecule has 0 aliphatic heterocycles. The Morgan fingerprint density at radius 3 is 2.59 bits per heavy atom. The van der Waals surface area contributed by atoms with E-state index in [1.54, 1.807) is 29.7 Å². The minimum atomic E-state index is -0.542. The Labute approximate surface area is 183 Å². The minimum absolute atomic E-state index is 0.0356. The molecule has 0 saturated carbocycles. The maximum atomic E-state index is 13.0. The van der Waals surface area contributed by atoms with Crippen LogP contribution in [0.3, 0.4) is 0 Å². The molecule has 2 amide bonds. The van der Waals surface area contributed by atoms with E-state index in [0.29, 0.717) is 30.3 Å². The Balaban J connectivity index is 2.03. The molecule has 2 aromatic carbocycles. The molecule has 1 N–H and O–H groups in total. The van der Waals surface area contributed by atoms with Crippen LogP contribution in [0.5, 0.6) is 0 Å². The van der Waals surface area contributed by atoms with Gasteiger partial charge in [-0.1, -0.05) is 55.3 Å². The van der Waals surface area contributed by atoms with Gasteiger partial charge in [-0.2, -0.15) is 0 Å². The van der Waals surface area contributed by atoms with E-state index >= 15 is 0 Å². The van der Waals surface area contributed by atoms with Gasteiger partial charge in [0.1, 0.15) is 6.04 Å². The Morgan fingerprint density at radius 1 is 1.14 bits per heavy atom. The highest BCUT2D eigenvalue weighted by molar-refractivity contribution is 7.99. The first-order chi connectivity index (χ1) is 14.0. The third-order valence-corrected chi connectivity index (χ3v) is 5.82. The van der Waals surface area contributed by atoms with Gasteiger partial charge in [-0.05, 0) is 43.2 Å². The molecule has 1 atom stereocenters. The number of unbranched alkanes of at least 4 members (excludes halogenated alkanes) is 1. The lowest BCUT2D eigenvalue weighted by Crippen LogP contribution is -2.47.